The van der Waals surface area contributed by atoms with Crippen molar-refractivity contribution in [2.24, 2.45) is 0 Å². The Bertz CT molecular complexity index is 639. The number of ether oxygens (including phenoxy) is 1. The van der Waals surface area contributed by atoms with Crippen molar-refractivity contribution in [1.82, 2.24) is 0 Å². The number of anilines is 3. The van der Waals surface area contributed by atoms with Crippen LogP contribution in [0.3, 0.4) is 0 Å². The molecular weight excluding hydrogens is 291 g/mol. The van der Waals surface area contributed by atoms with Crippen molar-refractivity contribution in [3.05, 3.63) is 46.7 Å². The SMILES string of the molecule is Cc1cccc(Cl)c1Nc1cc(OC(C)C)c(F)cc1N. The van der Waals surface area contributed by atoms with Crippen LogP contribution in [0.1, 0.15) is 19.4 Å². The zero-order chi connectivity index (χ0) is 15.6. The van der Waals surface area contributed by atoms with Crippen LogP contribution in [0.2, 0.25) is 5.02 Å². The van der Waals surface area contributed by atoms with Crippen molar-refractivity contribution < 1.29 is 9.13 Å². The number of hydrogen-bond donors (Lipinski definition) is 2. The summed E-state index contributed by atoms with van der Waals surface area (Å²) < 4.78 is 19.3. The van der Waals surface area contributed by atoms with Crippen molar-refractivity contribution in [3.8, 4) is 5.75 Å². The molecule has 3 nitrogen and oxygen atoms in total. The number of para-hydroxylation sites is 1. The lowest BCUT2D eigenvalue weighted by Crippen LogP contribution is -2.08. The van der Waals surface area contributed by atoms with E-state index in [2.05, 4.69) is 5.32 Å². The second-order valence-electron chi connectivity index (χ2n) is 5.09. The second kappa shape index (κ2) is 6.22. The van der Waals surface area contributed by atoms with Crippen LogP contribution in [0.5, 0.6) is 5.75 Å². The molecule has 0 fully saturated rings. The average molecular weight is 309 g/mol. The first-order valence-electron chi connectivity index (χ1n) is 6.66. The topological polar surface area (TPSA) is 47.3 Å². The molecule has 0 spiro atoms. The molecule has 21 heavy (non-hydrogen) atoms. The Hall–Kier alpha value is -1.94. The first-order valence-corrected chi connectivity index (χ1v) is 7.04. The third-order valence-corrected chi connectivity index (χ3v) is 3.26. The smallest absolute Gasteiger partial charge is 0.167 e. The number of aryl methyl sites for hydroxylation is 1. The Morgan fingerprint density at radius 2 is 2.00 bits per heavy atom. The summed E-state index contributed by atoms with van der Waals surface area (Å²) >= 11 is 6.18. The van der Waals surface area contributed by atoms with Gasteiger partial charge in [-0.05, 0) is 32.4 Å². The molecule has 0 heterocycles. The van der Waals surface area contributed by atoms with Gasteiger partial charge in [-0.1, -0.05) is 23.7 Å². The Balaban J connectivity index is 2.40. The number of rotatable bonds is 4. The third-order valence-electron chi connectivity index (χ3n) is 2.95. The van der Waals surface area contributed by atoms with Gasteiger partial charge in [0.2, 0.25) is 0 Å². The Labute approximate surface area is 128 Å². The summed E-state index contributed by atoms with van der Waals surface area (Å²) in [6, 6.07) is 8.37. The molecule has 0 saturated heterocycles. The summed E-state index contributed by atoms with van der Waals surface area (Å²) in [7, 11) is 0. The normalized spacial score (nSPS) is 10.8. The number of hydrogen-bond acceptors (Lipinski definition) is 3. The highest BCUT2D eigenvalue weighted by atomic mass is 35.5. The molecular formula is C16H18ClFN2O. The Kier molecular flexibility index (Phi) is 4.58. The van der Waals surface area contributed by atoms with Gasteiger partial charge in [0.25, 0.3) is 0 Å². The first kappa shape index (κ1) is 15.4. The molecule has 0 radical (unpaired) electrons. The van der Waals surface area contributed by atoms with E-state index in [0.717, 1.165) is 11.3 Å². The molecule has 0 saturated carbocycles. The third kappa shape index (κ3) is 3.58. The number of nitrogens with one attached hydrogen (secondary N) is 1. The average Bonchev–Trinajstić information content (AvgIpc) is 2.38. The molecule has 0 unspecified atom stereocenters. The summed E-state index contributed by atoms with van der Waals surface area (Å²) in [5.74, 6) is -0.325. The minimum absolute atomic E-state index is 0.127. The monoisotopic (exact) mass is 308 g/mol. The van der Waals surface area contributed by atoms with Gasteiger partial charge in [-0.2, -0.15) is 0 Å². The van der Waals surface area contributed by atoms with Gasteiger partial charge in [-0.15, -0.1) is 0 Å². The highest BCUT2D eigenvalue weighted by Gasteiger charge is 2.12. The maximum atomic E-state index is 13.8. The van der Waals surface area contributed by atoms with Crippen LogP contribution in [0.25, 0.3) is 0 Å². The molecule has 0 aliphatic rings. The zero-order valence-electron chi connectivity index (χ0n) is 12.2. The van der Waals surface area contributed by atoms with Crippen LogP contribution >= 0.6 is 11.6 Å². The predicted octanol–water partition coefficient (Wildman–Crippen LogP) is 4.90. The minimum atomic E-state index is -0.484. The largest absolute Gasteiger partial charge is 0.488 e. The van der Waals surface area contributed by atoms with E-state index in [4.69, 9.17) is 22.1 Å². The lowest BCUT2D eigenvalue weighted by molar-refractivity contribution is 0.231. The maximum absolute atomic E-state index is 13.8. The van der Waals surface area contributed by atoms with Crippen LogP contribution in [0, 0.1) is 12.7 Å². The van der Waals surface area contributed by atoms with Crippen LogP contribution in [0.15, 0.2) is 30.3 Å². The van der Waals surface area contributed by atoms with E-state index in [1.165, 1.54) is 6.07 Å². The molecule has 0 bridgehead atoms. The summed E-state index contributed by atoms with van der Waals surface area (Å²) in [5, 5.41) is 3.72. The van der Waals surface area contributed by atoms with Gasteiger partial charge in [0.05, 0.1) is 28.2 Å². The lowest BCUT2D eigenvalue weighted by Gasteiger charge is -2.16. The van der Waals surface area contributed by atoms with E-state index < -0.39 is 5.82 Å². The van der Waals surface area contributed by atoms with E-state index in [1.807, 2.05) is 32.9 Å². The highest BCUT2D eigenvalue weighted by molar-refractivity contribution is 6.33. The standard InChI is InChI=1S/C16H18ClFN2O/c1-9(2)21-15-8-14(13(19)7-12(15)18)20-16-10(3)5-4-6-11(16)17/h4-9,20H,19H2,1-3H3. The Morgan fingerprint density at radius 3 is 2.62 bits per heavy atom. The van der Waals surface area contributed by atoms with Gasteiger partial charge in [0, 0.05) is 12.1 Å². The van der Waals surface area contributed by atoms with Crippen molar-refractivity contribution >= 4 is 28.7 Å². The minimum Gasteiger partial charge on any atom is -0.488 e. The maximum Gasteiger partial charge on any atom is 0.167 e. The van der Waals surface area contributed by atoms with E-state index in [0.29, 0.717) is 16.4 Å². The van der Waals surface area contributed by atoms with Gasteiger partial charge in [-0.25, -0.2) is 4.39 Å². The molecule has 0 atom stereocenters. The van der Waals surface area contributed by atoms with Crippen LogP contribution in [0.4, 0.5) is 21.5 Å². The van der Waals surface area contributed by atoms with Gasteiger partial charge in [0.1, 0.15) is 0 Å². The fourth-order valence-electron chi connectivity index (χ4n) is 1.95. The van der Waals surface area contributed by atoms with E-state index in [1.54, 1.807) is 12.1 Å². The fraction of sp³-hybridized carbons (Fsp3) is 0.250. The van der Waals surface area contributed by atoms with Crippen molar-refractivity contribution in [2.75, 3.05) is 11.1 Å². The molecule has 2 aromatic rings. The molecule has 0 aliphatic carbocycles. The van der Waals surface area contributed by atoms with Gasteiger partial charge < -0.3 is 15.8 Å². The molecule has 0 amide bonds. The fourth-order valence-corrected chi connectivity index (χ4v) is 2.22. The summed E-state index contributed by atoms with van der Waals surface area (Å²) in [6.07, 6.45) is -0.127. The van der Waals surface area contributed by atoms with E-state index >= 15 is 0 Å². The molecule has 3 N–H and O–H groups in total. The van der Waals surface area contributed by atoms with Gasteiger partial charge >= 0.3 is 0 Å². The van der Waals surface area contributed by atoms with E-state index in [9.17, 15) is 4.39 Å². The molecule has 0 aromatic heterocycles. The highest BCUT2D eigenvalue weighted by Crippen LogP contribution is 2.34. The molecule has 2 rings (SSSR count). The van der Waals surface area contributed by atoms with Crippen LogP contribution in [-0.2, 0) is 0 Å². The number of halogens is 2. The Morgan fingerprint density at radius 1 is 1.29 bits per heavy atom. The first-order chi connectivity index (χ1) is 9.88. The number of nitrogens with two attached hydrogens (primary N) is 1. The lowest BCUT2D eigenvalue weighted by atomic mass is 10.1. The summed E-state index contributed by atoms with van der Waals surface area (Å²) in [4.78, 5) is 0. The summed E-state index contributed by atoms with van der Waals surface area (Å²) in [6.45, 7) is 5.60. The van der Waals surface area contributed by atoms with Crippen molar-refractivity contribution in [2.45, 2.75) is 26.9 Å². The molecule has 0 aliphatic heterocycles. The van der Waals surface area contributed by atoms with Crippen molar-refractivity contribution in [1.29, 1.82) is 0 Å². The quantitative estimate of drug-likeness (QED) is 0.790. The van der Waals surface area contributed by atoms with Crippen LogP contribution in [-0.4, -0.2) is 6.10 Å². The zero-order valence-corrected chi connectivity index (χ0v) is 13.0. The number of benzene rings is 2. The van der Waals surface area contributed by atoms with Crippen molar-refractivity contribution in [3.63, 3.8) is 0 Å². The molecule has 2 aromatic carbocycles. The van der Waals surface area contributed by atoms with E-state index in [-0.39, 0.29) is 11.9 Å². The predicted molar refractivity (Wildman–Crippen MR) is 86.0 cm³/mol. The van der Waals surface area contributed by atoms with Gasteiger partial charge in [-0.3, -0.25) is 0 Å². The second-order valence-corrected chi connectivity index (χ2v) is 5.50. The number of nitrogen functional groups attached to an aromatic ring is 1. The van der Waals surface area contributed by atoms with Crippen LogP contribution < -0.4 is 15.8 Å². The molecule has 5 heteroatoms. The summed E-state index contributed by atoms with van der Waals surface area (Å²) in [5.41, 5.74) is 8.43. The van der Waals surface area contributed by atoms with Gasteiger partial charge in [0.15, 0.2) is 11.6 Å². The molecule has 112 valence electrons.